The van der Waals surface area contributed by atoms with E-state index in [1.807, 2.05) is 13.8 Å². The maximum absolute atomic E-state index is 14.4. The van der Waals surface area contributed by atoms with Gasteiger partial charge < -0.3 is 33.8 Å². The third-order valence-electron chi connectivity index (χ3n) is 11.7. The summed E-state index contributed by atoms with van der Waals surface area (Å²) in [5, 5.41) is 6.75. The van der Waals surface area contributed by atoms with Crippen LogP contribution in [0.15, 0.2) is 34.3 Å². The van der Waals surface area contributed by atoms with Crippen LogP contribution in [-0.2, 0) is 20.9 Å². The minimum absolute atomic E-state index is 0.00490. The van der Waals surface area contributed by atoms with Crippen LogP contribution in [0.2, 0.25) is 0 Å². The molecule has 2 bridgehead atoms. The van der Waals surface area contributed by atoms with Crippen LogP contribution in [-0.4, -0.2) is 64.7 Å². The second-order valence-corrected chi connectivity index (χ2v) is 16.2. The summed E-state index contributed by atoms with van der Waals surface area (Å²) in [5.74, 6) is -3.48. The van der Waals surface area contributed by atoms with Gasteiger partial charge in [0.1, 0.15) is 17.2 Å². The Labute approximate surface area is 341 Å². The second kappa shape index (κ2) is 22.0. The third-order valence-corrected chi connectivity index (χ3v) is 11.7. The number of fused-ring (bicyclic) bond motifs is 5. The van der Waals surface area contributed by atoms with Gasteiger partial charge in [-0.15, -0.1) is 0 Å². The van der Waals surface area contributed by atoms with E-state index in [0.717, 1.165) is 31.0 Å². The fourth-order valence-corrected chi connectivity index (χ4v) is 8.33. The van der Waals surface area contributed by atoms with E-state index < -0.39 is 64.8 Å². The first-order chi connectivity index (χ1) is 28.0. The number of halogens is 2. The van der Waals surface area contributed by atoms with Crippen molar-refractivity contribution in [3.63, 3.8) is 0 Å². The Kier molecular flexibility index (Phi) is 17.0. The monoisotopic (exact) mass is 812 g/mol. The Bertz CT molecular complexity index is 1800. The number of ether oxygens (including phenoxy) is 3. The second-order valence-electron chi connectivity index (χ2n) is 16.2. The summed E-state index contributed by atoms with van der Waals surface area (Å²) < 4.78 is 45.6. The SMILES string of the molecule is CCCCCCCCCCCCCCCCCCOC(=O)OCOc1c2n(cc(C(=O)NCc3ccc(F)cc3F)c1=O)[C@@H]1CN(C2=O)[C@@H](C)CC[C@]12CC(C)=NO2. The van der Waals surface area contributed by atoms with E-state index in [4.69, 9.17) is 19.0 Å². The maximum Gasteiger partial charge on any atom is 0.511 e. The molecule has 14 heteroatoms. The van der Waals surface area contributed by atoms with Crippen molar-refractivity contribution in [1.82, 2.24) is 14.8 Å². The molecule has 1 aromatic carbocycles. The van der Waals surface area contributed by atoms with Crippen molar-refractivity contribution >= 4 is 23.7 Å². The van der Waals surface area contributed by atoms with Gasteiger partial charge in [0.15, 0.2) is 11.3 Å². The van der Waals surface area contributed by atoms with Gasteiger partial charge in [0, 0.05) is 43.4 Å². The normalized spacial score (nSPS) is 19.6. The third kappa shape index (κ3) is 11.8. The highest BCUT2D eigenvalue weighted by Gasteiger charge is 2.54. The van der Waals surface area contributed by atoms with Crippen molar-refractivity contribution in [2.75, 3.05) is 19.9 Å². The van der Waals surface area contributed by atoms with E-state index in [1.54, 1.807) is 4.90 Å². The van der Waals surface area contributed by atoms with Crippen LogP contribution < -0.4 is 15.5 Å². The molecule has 4 heterocycles. The number of nitrogens with one attached hydrogen (secondary N) is 1. The number of amides is 2. The van der Waals surface area contributed by atoms with Gasteiger partial charge in [0.2, 0.25) is 18.0 Å². The quantitative estimate of drug-likeness (QED) is 0.0666. The summed E-state index contributed by atoms with van der Waals surface area (Å²) in [6.45, 7) is 5.30. The van der Waals surface area contributed by atoms with Gasteiger partial charge in [-0.25, -0.2) is 13.6 Å². The Morgan fingerprint density at radius 2 is 1.57 bits per heavy atom. The summed E-state index contributed by atoms with van der Waals surface area (Å²) in [7, 11) is 0. The zero-order valence-electron chi connectivity index (χ0n) is 34.6. The number of rotatable bonds is 23. The molecule has 5 rings (SSSR count). The topological polar surface area (TPSA) is 138 Å². The fraction of sp³-hybridized carbons (Fsp3) is 0.659. The Balaban J connectivity index is 1.14. The molecular weight excluding hydrogens is 750 g/mol. The molecule has 1 fully saturated rings. The highest BCUT2D eigenvalue weighted by atomic mass is 19.1. The number of aromatic nitrogens is 1. The zero-order valence-corrected chi connectivity index (χ0v) is 34.6. The summed E-state index contributed by atoms with van der Waals surface area (Å²) in [6.07, 6.45) is 21.6. The lowest BCUT2D eigenvalue weighted by Crippen LogP contribution is -2.52. The predicted octanol–water partition coefficient (Wildman–Crippen LogP) is 9.52. The van der Waals surface area contributed by atoms with E-state index in [1.165, 1.54) is 93.9 Å². The molecule has 12 nitrogen and oxygen atoms in total. The standard InChI is InChI=1S/C44H62F2N4O8/c1-4-5-6-7-8-9-10-11-12-13-14-15-16-17-18-19-24-55-43(54)57-30-56-40-38-42(53)49-29-37(44(23-22-32(49)3)26-31(2)48-58-44)50(38)28-35(39(40)51)41(52)47-27-33-20-21-34(45)25-36(33)46/h20-21,25,28,32,37H,4-19,22-24,26-27,29-30H2,1-3H3,(H,47,52)/t32-,37+,44-/m0/s1. The molecule has 2 amide bonds. The highest BCUT2D eigenvalue weighted by molar-refractivity contribution is 5.99. The van der Waals surface area contributed by atoms with Gasteiger partial charge in [0.05, 0.1) is 18.4 Å². The van der Waals surface area contributed by atoms with Gasteiger partial charge in [-0.1, -0.05) is 114 Å². The molecule has 3 atom stereocenters. The molecule has 3 aliphatic heterocycles. The molecule has 58 heavy (non-hydrogen) atoms. The molecule has 0 saturated carbocycles. The molecule has 3 aliphatic rings. The largest absolute Gasteiger partial charge is 0.511 e. The molecule has 1 N–H and O–H groups in total. The van der Waals surface area contributed by atoms with Crippen molar-refractivity contribution < 1.29 is 42.2 Å². The lowest BCUT2D eigenvalue weighted by molar-refractivity contribution is -0.0658. The first kappa shape index (κ1) is 44.6. The number of hydrogen-bond acceptors (Lipinski definition) is 9. The van der Waals surface area contributed by atoms with E-state index >= 15 is 0 Å². The fourth-order valence-electron chi connectivity index (χ4n) is 8.33. The van der Waals surface area contributed by atoms with Crippen molar-refractivity contribution in [2.24, 2.45) is 5.16 Å². The van der Waals surface area contributed by atoms with Crippen LogP contribution in [0.25, 0.3) is 0 Å². The first-order valence-corrected chi connectivity index (χ1v) is 21.5. The van der Waals surface area contributed by atoms with Crippen molar-refractivity contribution in [1.29, 1.82) is 0 Å². The molecule has 0 aliphatic carbocycles. The minimum atomic E-state index is -0.992. The van der Waals surface area contributed by atoms with Crippen molar-refractivity contribution in [3.8, 4) is 5.75 Å². The average molecular weight is 813 g/mol. The molecule has 0 radical (unpaired) electrons. The first-order valence-electron chi connectivity index (χ1n) is 21.5. The van der Waals surface area contributed by atoms with Crippen molar-refractivity contribution in [2.45, 2.75) is 167 Å². The van der Waals surface area contributed by atoms with Crippen LogP contribution in [0.5, 0.6) is 5.75 Å². The Hall–Kier alpha value is -4.49. The number of hydrogen-bond donors (Lipinski definition) is 1. The van der Waals surface area contributed by atoms with E-state index in [0.29, 0.717) is 31.7 Å². The van der Waals surface area contributed by atoms with Gasteiger partial charge >= 0.3 is 6.16 Å². The summed E-state index contributed by atoms with van der Waals surface area (Å²) in [5.41, 5.74) is -1.53. The molecule has 2 aromatic rings. The zero-order chi connectivity index (χ0) is 41.5. The van der Waals surface area contributed by atoms with E-state index in [2.05, 4.69) is 17.4 Å². The summed E-state index contributed by atoms with van der Waals surface area (Å²) in [4.78, 5) is 61.9. The maximum atomic E-state index is 14.4. The smallest absolute Gasteiger partial charge is 0.451 e. The minimum Gasteiger partial charge on any atom is -0.451 e. The highest BCUT2D eigenvalue weighted by Crippen LogP contribution is 2.46. The van der Waals surface area contributed by atoms with Crippen LogP contribution in [0.3, 0.4) is 0 Å². The van der Waals surface area contributed by atoms with Crippen LogP contribution in [0, 0.1) is 11.6 Å². The van der Waals surface area contributed by atoms with Gasteiger partial charge in [-0.3, -0.25) is 14.4 Å². The Morgan fingerprint density at radius 3 is 2.17 bits per heavy atom. The van der Waals surface area contributed by atoms with Gasteiger partial charge in [-0.05, 0) is 39.2 Å². The van der Waals surface area contributed by atoms with Crippen LogP contribution in [0.4, 0.5) is 13.6 Å². The molecule has 1 spiro atoms. The average Bonchev–Trinajstić information content (AvgIpc) is 3.53. The molecule has 0 unspecified atom stereocenters. The Morgan fingerprint density at radius 1 is 0.931 bits per heavy atom. The van der Waals surface area contributed by atoms with Crippen molar-refractivity contribution in [3.05, 3.63) is 63.1 Å². The number of unbranched alkanes of at least 4 members (excludes halogenated alkanes) is 15. The lowest BCUT2D eigenvalue weighted by atomic mass is 9.84. The van der Waals surface area contributed by atoms with E-state index in [9.17, 15) is 28.0 Å². The molecular formula is C44H62F2N4O8. The molecule has 320 valence electrons. The van der Waals surface area contributed by atoms with Gasteiger partial charge in [0.25, 0.3) is 11.8 Å². The number of benzene rings is 1. The summed E-state index contributed by atoms with van der Waals surface area (Å²) in [6, 6.07) is 2.18. The number of pyridine rings is 1. The van der Waals surface area contributed by atoms with Crippen LogP contribution >= 0.6 is 0 Å². The van der Waals surface area contributed by atoms with E-state index in [-0.39, 0.29) is 37.0 Å². The number of carbonyl (C=O) groups is 3. The predicted molar refractivity (Wildman–Crippen MR) is 216 cm³/mol. The number of carbonyl (C=O) groups excluding carboxylic acids is 3. The van der Waals surface area contributed by atoms with Gasteiger partial charge in [-0.2, -0.15) is 0 Å². The van der Waals surface area contributed by atoms with Crippen LogP contribution in [0.1, 0.15) is 175 Å². The molecule has 1 aromatic heterocycles. The molecule has 1 saturated heterocycles. The number of oxime groups is 1. The lowest BCUT2D eigenvalue weighted by Gasteiger charge is -2.42. The summed E-state index contributed by atoms with van der Waals surface area (Å²) >= 11 is 0. The number of nitrogens with zero attached hydrogens (tertiary/aromatic N) is 3.